The maximum absolute atomic E-state index is 10.7. The van der Waals surface area contributed by atoms with E-state index in [1.165, 1.54) is 5.56 Å². The Balaban J connectivity index is 2.86. The van der Waals surface area contributed by atoms with Gasteiger partial charge >= 0.3 is 0 Å². The minimum atomic E-state index is -0.537. The van der Waals surface area contributed by atoms with Gasteiger partial charge in [-0.15, -0.1) is 0 Å². The Kier molecular flexibility index (Phi) is 5.01. The summed E-state index contributed by atoms with van der Waals surface area (Å²) < 4.78 is 0. The molecule has 1 aromatic carbocycles. The Bertz CT molecular complexity index is 286. The van der Waals surface area contributed by atoms with E-state index in [1.807, 2.05) is 18.2 Å². The standard InChI is InChI=1S/C15H24O/c1-4-11-15(16,12-5-2)13(3)14-9-7-6-8-10-14/h6-10,13,16H,4-5,11-12H2,1-3H3. The largest absolute Gasteiger partial charge is 0.389 e. The summed E-state index contributed by atoms with van der Waals surface area (Å²) in [4.78, 5) is 0. The van der Waals surface area contributed by atoms with Crippen LogP contribution in [0.5, 0.6) is 0 Å². The lowest BCUT2D eigenvalue weighted by Gasteiger charge is -2.34. The summed E-state index contributed by atoms with van der Waals surface area (Å²) in [6, 6.07) is 10.3. The Hall–Kier alpha value is -0.820. The van der Waals surface area contributed by atoms with Gasteiger partial charge in [0.2, 0.25) is 0 Å². The molecule has 1 nitrogen and oxygen atoms in total. The number of hydrogen-bond acceptors (Lipinski definition) is 1. The maximum Gasteiger partial charge on any atom is 0.0713 e. The third kappa shape index (κ3) is 3.08. The van der Waals surface area contributed by atoms with Gasteiger partial charge in [-0.05, 0) is 18.4 Å². The Morgan fingerprint density at radius 2 is 1.56 bits per heavy atom. The molecule has 1 rings (SSSR count). The van der Waals surface area contributed by atoms with Gasteiger partial charge in [0, 0.05) is 5.92 Å². The number of rotatable bonds is 6. The monoisotopic (exact) mass is 220 g/mol. The van der Waals surface area contributed by atoms with E-state index in [0.717, 1.165) is 25.7 Å². The Morgan fingerprint density at radius 3 is 2.00 bits per heavy atom. The van der Waals surface area contributed by atoms with Crippen LogP contribution in [0.4, 0.5) is 0 Å². The highest BCUT2D eigenvalue weighted by Crippen LogP contribution is 2.35. The molecule has 0 aliphatic rings. The number of hydrogen-bond donors (Lipinski definition) is 1. The zero-order chi connectivity index (χ0) is 12.0. The lowest BCUT2D eigenvalue weighted by atomic mass is 9.77. The Morgan fingerprint density at radius 1 is 1.06 bits per heavy atom. The van der Waals surface area contributed by atoms with Crippen molar-refractivity contribution in [3.8, 4) is 0 Å². The predicted octanol–water partition coefficient (Wildman–Crippen LogP) is 4.12. The first-order chi connectivity index (χ1) is 7.64. The predicted molar refractivity (Wildman–Crippen MR) is 69.6 cm³/mol. The number of benzene rings is 1. The first-order valence-corrected chi connectivity index (χ1v) is 6.41. The molecule has 0 aromatic heterocycles. The van der Waals surface area contributed by atoms with Crippen LogP contribution in [0.15, 0.2) is 30.3 Å². The highest BCUT2D eigenvalue weighted by molar-refractivity contribution is 5.22. The van der Waals surface area contributed by atoms with Crippen molar-refractivity contribution in [2.45, 2.75) is 58.0 Å². The summed E-state index contributed by atoms with van der Waals surface area (Å²) in [5, 5.41) is 10.7. The summed E-state index contributed by atoms with van der Waals surface area (Å²) in [6.07, 6.45) is 3.84. The van der Waals surface area contributed by atoms with E-state index in [1.54, 1.807) is 0 Å². The fourth-order valence-electron chi connectivity index (χ4n) is 2.48. The normalized spacial score (nSPS) is 13.8. The van der Waals surface area contributed by atoms with Gasteiger partial charge in [-0.2, -0.15) is 0 Å². The molecule has 0 spiro atoms. The van der Waals surface area contributed by atoms with Crippen LogP contribution in [-0.2, 0) is 0 Å². The van der Waals surface area contributed by atoms with Gasteiger partial charge in [-0.3, -0.25) is 0 Å². The zero-order valence-corrected chi connectivity index (χ0v) is 10.7. The lowest BCUT2D eigenvalue weighted by molar-refractivity contribution is -0.000918. The quantitative estimate of drug-likeness (QED) is 0.764. The molecule has 0 amide bonds. The van der Waals surface area contributed by atoms with Crippen LogP contribution >= 0.6 is 0 Å². The van der Waals surface area contributed by atoms with Crippen LogP contribution in [0, 0.1) is 0 Å². The summed E-state index contributed by atoms with van der Waals surface area (Å²) >= 11 is 0. The smallest absolute Gasteiger partial charge is 0.0713 e. The zero-order valence-electron chi connectivity index (χ0n) is 10.7. The average molecular weight is 220 g/mol. The minimum Gasteiger partial charge on any atom is -0.389 e. The van der Waals surface area contributed by atoms with Crippen LogP contribution in [-0.4, -0.2) is 10.7 Å². The summed E-state index contributed by atoms with van der Waals surface area (Å²) in [7, 11) is 0. The molecule has 1 heteroatoms. The van der Waals surface area contributed by atoms with Crippen molar-refractivity contribution in [2.24, 2.45) is 0 Å². The molecule has 0 heterocycles. The number of aliphatic hydroxyl groups is 1. The molecular formula is C15H24O. The first kappa shape index (κ1) is 13.2. The van der Waals surface area contributed by atoms with E-state index < -0.39 is 5.60 Å². The summed E-state index contributed by atoms with van der Waals surface area (Å²) in [5.41, 5.74) is 0.706. The molecule has 1 aromatic rings. The molecule has 0 fully saturated rings. The fraction of sp³-hybridized carbons (Fsp3) is 0.600. The van der Waals surface area contributed by atoms with E-state index >= 15 is 0 Å². The van der Waals surface area contributed by atoms with Crippen molar-refractivity contribution in [2.75, 3.05) is 0 Å². The van der Waals surface area contributed by atoms with Crippen molar-refractivity contribution >= 4 is 0 Å². The average Bonchev–Trinajstić information content (AvgIpc) is 2.30. The maximum atomic E-state index is 10.7. The molecule has 0 saturated carbocycles. The van der Waals surface area contributed by atoms with E-state index in [2.05, 4.69) is 32.9 Å². The Labute approximate surface area is 99.5 Å². The molecule has 90 valence electrons. The second-order valence-corrected chi connectivity index (χ2v) is 4.74. The molecule has 1 atom stereocenters. The van der Waals surface area contributed by atoms with Crippen LogP contribution in [0.1, 0.15) is 57.9 Å². The van der Waals surface area contributed by atoms with E-state index in [0.29, 0.717) is 0 Å². The van der Waals surface area contributed by atoms with Gasteiger partial charge in [0.15, 0.2) is 0 Å². The second-order valence-electron chi connectivity index (χ2n) is 4.74. The van der Waals surface area contributed by atoms with Crippen LogP contribution in [0.2, 0.25) is 0 Å². The summed E-state index contributed by atoms with van der Waals surface area (Å²) in [5.74, 6) is 0.216. The van der Waals surface area contributed by atoms with E-state index in [-0.39, 0.29) is 5.92 Å². The van der Waals surface area contributed by atoms with Gasteiger partial charge in [0.05, 0.1) is 5.60 Å². The molecule has 0 radical (unpaired) electrons. The van der Waals surface area contributed by atoms with Gasteiger partial charge < -0.3 is 5.11 Å². The van der Waals surface area contributed by atoms with Crippen molar-refractivity contribution in [1.29, 1.82) is 0 Å². The molecule has 0 aliphatic carbocycles. The van der Waals surface area contributed by atoms with Crippen molar-refractivity contribution in [1.82, 2.24) is 0 Å². The van der Waals surface area contributed by atoms with E-state index in [9.17, 15) is 5.11 Å². The molecular weight excluding hydrogens is 196 g/mol. The van der Waals surface area contributed by atoms with E-state index in [4.69, 9.17) is 0 Å². The second kappa shape index (κ2) is 6.05. The highest BCUT2D eigenvalue weighted by Gasteiger charge is 2.32. The molecule has 0 aliphatic heterocycles. The van der Waals surface area contributed by atoms with Crippen LogP contribution < -0.4 is 0 Å². The first-order valence-electron chi connectivity index (χ1n) is 6.41. The van der Waals surface area contributed by atoms with Gasteiger partial charge in [0.1, 0.15) is 0 Å². The van der Waals surface area contributed by atoms with Crippen molar-refractivity contribution < 1.29 is 5.11 Å². The third-order valence-electron chi connectivity index (χ3n) is 3.47. The van der Waals surface area contributed by atoms with Gasteiger partial charge in [0.25, 0.3) is 0 Å². The molecule has 0 saturated heterocycles. The topological polar surface area (TPSA) is 20.2 Å². The van der Waals surface area contributed by atoms with Crippen molar-refractivity contribution in [3.05, 3.63) is 35.9 Å². The van der Waals surface area contributed by atoms with Crippen LogP contribution in [0.3, 0.4) is 0 Å². The summed E-state index contributed by atoms with van der Waals surface area (Å²) in [6.45, 7) is 6.41. The third-order valence-corrected chi connectivity index (χ3v) is 3.47. The minimum absolute atomic E-state index is 0.216. The molecule has 1 N–H and O–H groups in total. The molecule has 1 unspecified atom stereocenters. The van der Waals surface area contributed by atoms with Gasteiger partial charge in [-0.25, -0.2) is 0 Å². The highest BCUT2D eigenvalue weighted by atomic mass is 16.3. The fourth-order valence-corrected chi connectivity index (χ4v) is 2.48. The van der Waals surface area contributed by atoms with Crippen LogP contribution in [0.25, 0.3) is 0 Å². The lowest BCUT2D eigenvalue weighted by Crippen LogP contribution is -2.34. The molecule has 0 bridgehead atoms. The SMILES string of the molecule is CCCC(O)(CCC)C(C)c1ccccc1. The van der Waals surface area contributed by atoms with Crippen molar-refractivity contribution in [3.63, 3.8) is 0 Å². The van der Waals surface area contributed by atoms with Gasteiger partial charge in [-0.1, -0.05) is 63.9 Å². The molecule has 16 heavy (non-hydrogen) atoms.